The van der Waals surface area contributed by atoms with Gasteiger partial charge in [0.25, 0.3) is 5.91 Å². The van der Waals surface area contributed by atoms with Crippen molar-refractivity contribution in [2.45, 2.75) is 20.8 Å². The molecule has 0 N–H and O–H groups in total. The molecule has 2 aromatic carbocycles. The molecule has 28 heavy (non-hydrogen) atoms. The van der Waals surface area contributed by atoms with Crippen molar-refractivity contribution in [3.05, 3.63) is 41.7 Å². The van der Waals surface area contributed by atoms with E-state index in [9.17, 15) is 9.59 Å². The number of benzene rings is 2. The lowest BCUT2D eigenvalue weighted by atomic mass is 10.0. The number of ether oxygens (including phenoxy) is 1. The quantitative estimate of drug-likeness (QED) is 0.513. The first-order valence-corrected chi connectivity index (χ1v) is 9.64. The van der Waals surface area contributed by atoms with Gasteiger partial charge in [-0.15, -0.1) is 0 Å². The molecule has 6 nitrogen and oxygen atoms in total. The molecule has 2 heterocycles. The predicted molar refractivity (Wildman–Crippen MR) is 108 cm³/mol. The van der Waals surface area contributed by atoms with E-state index < -0.39 is 5.97 Å². The topological polar surface area (TPSA) is 63.0 Å². The van der Waals surface area contributed by atoms with Gasteiger partial charge in [-0.05, 0) is 19.5 Å². The van der Waals surface area contributed by atoms with Gasteiger partial charge in [-0.3, -0.25) is 9.59 Å². The second-order valence-corrected chi connectivity index (χ2v) is 7.15. The third-order valence-corrected chi connectivity index (χ3v) is 5.41. The van der Waals surface area contributed by atoms with Gasteiger partial charge in [-0.2, -0.15) is 0 Å². The summed E-state index contributed by atoms with van der Waals surface area (Å²) in [7, 11) is 0. The Morgan fingerprint density at radius 2 is 1.75 bits per heavy atom. The Balaban J connectivity index is 1.83. The van der Waals surface area contributed by atoms with Crippen LogP contribution in [0.4, 0.5) is 0 Å². The predicted octanol–water partition coefficient (Wildman–Crippen LogP) is 3.60. The van der Waals surface area contributed by atoms with E-state index in [2.05, 4.69) is 11.8 Å². The summed E-state index contributed by atoms with van der Waals surface area (Å²) in [6.07, 6.45) is 0. The van der Waals surface area contributed by atoms with Gasteiger partial charge in [0.1, 0.15) is 17.1 Å². The van der Waals surface area contributed by atoms with Gasteiger partial charge in [-0.25, -0.2) is 0 Å². The van der Waals surface area contributed by atoms with Crippen LogP contribution in [0.1, 0.15) is 30.0 Å². The number of piperazine rings is 1. The van der Waals surface area contributed by atoms with Crippen molar-refractivity contribution < 1.29 is 18.7 Å². The summed E-state index contributed by atoms with van der Waals surface area (Å²) in [4.78, 5) is 29.1. The Labute approximate surface area is 163 Å². The molecule has 1 fully saturated rings. The molecule has 0 saturated carbocycles. The Bertz CT molecular complexity index is 1060. The van der Waals surface area contributed by atoms with Gasteiger partial charge in [0.15, 0.2) is 0 Å². The van der Waals surface area contributed by atoms with E-state index in [1.54, 1.807) is 6.07 Å². The molecular formula is C22H24N2O4. The first-order chi connectivity index (χ1) is 13.5. The standard InChI is InChI=1S/C22H24N2O4/c1-4-23-9-11-24(12-10-23)22(26)20-14(2)27-21-17-8-6-5-7-16(17)19(13-18(20)21)28-15(3)25/h5-8,13H,4,9-12H2,1-3H3. The molecule has 6 heteroatoms. The smallest absolute Gasteiger partial charge is 0.308 e. The summed E-state index contributed by atoms with van der Waals surface area (Å²) in [6, 6.07) is 9.35. The zero-order chi connectivity index (χ0) is 19.8. The van der Waals surface area contributed by atoms with Crippen molar-refractivity contribution in [2.75, 3.05) is 32.7 Å². The highest BCUT2D eigenvalue weighted by Crippen LogP contribution is 2.38. The van der Waals surface area contributed by atoms with Gasteiger partial charge in [0.05, 0.1) is 5.56 Å². The van der Waals surface area contributed by atoms with Gasteiger partial charge >= 0.3 is 5.97 Å². The number of hydrogen-bond acceptors (Lipinski definition) is 5. The third-order valence-electron chi connectivity index (χ3n) is 5.41. The molecule has 1 amide bonds. The monoisotopic (exact) mass is 380 g/mol. The summed E-state index contributed by atoms with van der Waals surface area (Å²) in [5.41, 5.74) is 1.21. The van der Waals surface area contributed by atoms with Crippen molar-refractivity contribution in [3.63, 3.8) is 0 Å². The first-order valence-electron chi connectivity index (χ1n) is 9.64. The molecular weight excluding hydrogens is 356 g/mol. The van der Waals surface area contributed by atoms with Crippen LogP contribution < -0.4 is 4.74 Å². The minimum absolute atomic E-state index is 0.0314. The lowest BCUT2D eigenvalue weighted by molar-refractivity contribution is -0.131. The number of fused-ring (bicyclic) bond motifs is 3. The molecule has 0 unspecified atom stereocenters. The van der Waals surface area contributed by atoms with Crippen molar-refractivity contribution in [1.82, 2.24) is 9.80 Å². The van der Waals surface area contributed by atoms with E-state index in [1.165, 1.54) is 6.92 Å². The fourth-order valence-corrected chi connectivity index (χ4v) is 3.94. The van der Waals surface area contributed by atoms with Crippen molar-refractivity contribution in [3.8, 4) is 5.75 Å². The fraction of sp³-hybridized carbons (Fsp3) is 0.364. The number of furan rings is 1. The SMILES string of the molecule is CCN1CCN(C(=O)c2c(C)oc3c2cc(OC(C)=O)c2ccccc23)CC1. The van der Waals surface area contributed by atoms with Crippen LogP contribution in [0.15, 0.2) is 34.7 Å². The van der Waals surface area contributed by atoms with E-state index >= 15 is 0 Å². The molecule has 3 aromatic rings. The van der Waals surface area contributed by atoms with Crippen LogP contribution in [0, 0.1) is 6.92 Å². The average molecular weight is 380 g/mol. The zero-order valence-electron chi connectivity index (χ0n) is 16.4. The maximum Gasteiger partial charge on any atom is 0.308 e. The van der Waals surface area contributed by atoms with Crippen LogP contribution in [0.3, 0.4) is 0 Å². The van der Waals surface area contributed by atoms with E-state index in [4.69, 9.17) is 9.15 Å². The van der Waals surface area contributed by atoms with E-state index in [-0.39, 0.29) is 5.91 Å². The highest BCUT2D eigenvalue weighted by Gasteiger charge is 2.27. The summed E-state index contributed by atoms with van der Waals surface area (Å²) < 4.78 is 11.5. The number of carbonyl (C=O) groups excluding carboxylic acids is 2. The number of rotatable bonds is 3. The zero-order valence-corrected chi connectivity index (χ0v) is 16.4. The number of amides is 1. The Morgan fingerprint density at radius 1 is 1.07 bits per heavy atom. The Hall–Kier alpha value is -2.86. The first kappa shape index (κ1) is 18.5. The number of esters is 1. The highest BCUT2D eigenvalue weighted by molar-refractivity contribution is 6.16. The fourth-order valence-electron chi connectivity index (χ4n) is 3.94. The largest absolute Gasteiger partial charge is 0.460 e. The van der Waals surface area contributed by atoms with Crippen LogP contribution in [0.25, 0.3) is 21.7 Å². The van der Waals surface area contributed by atoms with Crippen molar-refractivity contribution in [2.24, 2.45) is 0 Å². The minimum atomic E-state index is -0.395. The number of nitrogens with zero attached hydrogens (tertiary/aromatic N) is 2. The Kier molecular flexibility index (Phi) is 4.81. The summed E-state index contributed by atoms with van der Waals surface area (Å²) >= 11 is 0. The van der Waals surface area contributed by atoms with E-state index in [0.29, 0.717) is 41.1 Å². The van der Waals surface area contributed by atoms with E-state index in [1.807, 2.05) is 36.1 Å². The summed E-state index contributed by atoms with van der Waals surface area (Å²) in [6.45, 7) is 9.46. The second-order valence-electron chi connectivity index (χ2n) is 7.15. The van der Waals surface area contributed by atoms with Gasteiger partial charge < -0.3 is 19.0 Å². The number of carbonyl (C=O) groups is 2. The molecule has 1 aliphatic rings. The summed E-state index contributed by atoms with van der Waals surface area (Å²) in [5.74, 6) is 0.605. The average Bonchev–Trinajstić information content (AvgIpc) is 3.03. The van der Waals surface area contributed by atoms with Gasteiger partial charge in [0.2, 0.25) is 0 Å². The van der Waals surface area contributed by atoms with Gasteiger partial charge in [0, 0.05) is 49.3 Å². The van der Waals surface area contributed by atoms with Crippen LogP contribution in [-0.4, -0.2) is 54.4 Å². The lowest BCUT2D eigenvalue weighted by Gasteiger charge is -2.34. The van der Waals surface area contributed by atoms with Crippen molar-refractivity contribution in [1.29, 1.82) is 0 Å². The molecule has 0 aliphatic carbocycles. The highest BCUT2D eigenvalue weighted by atomic mass is 16.5. The maximum atomic E-state index is 13.3. The van der Waals surface area contributed by atoms with Crippen LogP contribution in [-0.2, 0) is 4.79 Å². The maximum absolute atomic E-state index is 13.3. The molecule has 1 saturated heterocycles. The molecule has 1 aliphatic heterocycles. The van der Waals surface area contributed by atoms with Crippen molar-refractivity contribution >= 4 is 33.6 Å². The molecule has 1 aromatic heterocycles. The molecule has 0 bridgehead atoms. The number of aryl methyl sites for hydroxylation is 1. The van der Waals surface area contributed by atoms with Crippen LogP contribution in [0.2, 0.25) is 0 Å². The third kappa shape index (κ3) is 3.14. The van der Waals surface area contributed by atoms with Crippen LogP contribution in [0.5, 0.6) is 5.75 Å². The second kappa shape index (κ2) is 7.28. The normalized spacial score (nSPS) is 15.3. The van der Waals surface area contributed by atoms with Gasteiger partial charge in [-0.1, -0.05) is 31.2 Å². The molecule has 0 atom stereocenters. The Morgan fingerprint density at radius 3 is 2.39 bits per heavy atom. The minimum Gasteiger partial charge on any atom is -0.460 e. The molecule has 0 spiro atoms. The van der Waals surface area contributed by atoms with Crippen LogP contribution >= 0.6 is 0 Å². The molecule has 146 valence electrons. The molecule has 0 radical (unpaired) electrons. The lowest BCUT2D eigenvalue weighted by Crippen LogP contribution is -2.48. The molecule has 4 rings (SSSR count). The summed E-state index contributed by atoms with van der Waals surface area (Å²) in [5, 5.41) is 2.30. The number of likely N-dealkylation sites (N-methyl/N-ethyl adjacent to an activating group) is 1. The van der Waals surface area contributed by atoms with E-state index in [0.717, 1.165) is 30.4 Å². The number of hydrogen-bond donors (Lipinski definition) is 0.